The largest absolute Gasteiger partial charge is 0.493 e. The number of thiazole rings is 1. The van der Waals surface area contributed by atoms with Crippen LogP contribution in [-0.4, -0.2) is 30.4 Å². The SMILES string of the molecule is CCOC(=O)C1=C(C)N=c2s/c(=C\c3cc(I)cc(OC)c3OCc3ccc(F)cc3)c(=O)n2[C@@H]1c1ccccc1OC(C)C. The smallest absolute Gasteiger partial charge is 0.338 e. The quantitative estimate of drug-likeness (QED) is 0.148. The number of ether oxygens (including phenoxy) is 4. The molecule has 11 heteroatoms. The first-order chi connectivity index (χ1) is 21.6. The van der Waals surface area contributed by atoms with E-state index in [1.165, 1.54) is 28.0 Å². The second-order valence-electron chi connectivity index (χ2n) is 10.4. The van der Waals surface area contributed by atoms with Crippen molar-refractivity contribution in [2.45, 2.75) is 46.4 Å². The highest BCUT2D eigenvalue weighted by Crippen LogP contribution is 2.37. The summed E-state index contributed by atoms with van der Waals surface area (Å²) >= 11 is 3.39. The zero-order chi connectivity index (χ0) is 32.2. The predicted octanol–water partition coefficient (Wildman–Crippen LogP) is 5.92. The van der Waals surface area contributed by atoms with Crippen molar-refractivity contribution in [2.24, 2.45) is 4.99 Å². The van der Waals surface area contributed by atoms with Crippen molar-refractivity contribution in [1.29, 1.82) is 0 Å². The number of hydrogen-bond acceptors (Lipinski definition) is 8. The van der Waals surface area contributed by atoms with Crippen LogP contribution in [0.25, 0.3) is 6.08 Å². The van der Waals surface area contributed by atoms with E-state index >= 15 is 0 Å². The van der Waals surface area contributed by atoms with E-state index in [1.54, 1.807) is 39.2 Å². The fourth-order valence-corrected chi connectivity index (χ4v) is 6.69. The van der Waals surface area contributed by atoms with Gasteiger partial charge >= 0.3 is 5.97 Å². The topological polar surface area (TPSA) is 88.4 Å². The Kier molecular flexibility index (Phi) is 10.1. The zero-order valence-electron chi connectivity index (χ0n) is 25.4. The molecule has 0 fully saturated rings. The third-order valence-electron chi connectivity index (χ3n) is 6.94. The fourth-order valence-electron chi connectivity index (χ4n) is 5.03. The van der Waals surface area contributed by atoms with Gasteiger partial charge in [0.05, 0.1) is 35.6 Å². The third kappa shape index (κ3) is 6.99. The van der Waals surface area contributed by atoms with Crippen molar-refractivity contribution >= 4 is 46.0 Å². The van der Waals surface area contributed by atoms with E-state index in [-0.39, 0.29) is 36.3 Å². The van der Waals surface area contributed by atoms with Gasteiger partial charge in [0.25, 0.3) is 5.56 Å². The molecule has 0 N–H and O–H groups in total. The molecule has 1 aliphatic heterocycles. The maximum Gasteiger partial charge on any atom is 0.338 e. The highest BCUT2D eigenvalue weighted by Gasteiger charge is 2.35. The molecule has 0 saturated carbocycles. The van der Waals surface area contributed by atoms with E-state index < -0.39 is 12.0 Å². The number of fused-ring (bicyclic) bond motifs is 1. The number of carbonyl (C=O) groups is 1. The molecule has 0 saturated heterocycles. The van der Waals surface area contributed by atoms with Gasteiger partial charge in [0.1, 0.15) is 24.2 Å². The summed E-state index contributed by atoms with van der Waals surface area (Å²) in [6.45, 7) is 7.65. The lowest BCUT2D eigenvalue weighted by atomic mass is 9.95. The number of allylic oxidation sites excluding steroid dienone is 1. The van der Waals surface area contributed by atoms with Crippen molar-refractivity contribution in [3.8, 4) is 17.2 Å². The lowest BCUT2D eigenvalue weighted by Gasteiger charge is -2.26. The van der Waals surface area contributed by atoms with Crippen LogP contribution in [-0.2, 0) is 16.1 Å². The van der Waals surface area contributed by atoms with Gasteiger partial charge in [0.2, 0.25) is 0 Å². The maximum atomic E-state index is 14.3. The van der Waals surface area contributed by atoms with Gasteiger partial charge in [-0.05, 0) is 92.3 Å². The highest BCUT2D eigenvalue weighted by atomic mass is 127. The number of nitrogens with zero attached hydrogens (tertiary/aromatic N) is 2. The zero-order valence-corrected chi connectivity index (χ0v) is 28.4. The number of carbonyl (C=O) groups excluding carboxylic acids is 1. The van der Waals surface area contributed by atoms with Gasteiger partial charge in [-0.3, -0.25) is 9.36 Å². The molecule has 234 valence electrons. The summed E-state index contributed by atoms with van der Waals surface area (Å²) in [6, 6.07) is 16.3. The van der Waals surface area contributed by atoms with Gasteiger partial charge in [0, 0.05) is 14.7 Å². The van der Waals surface area contributed by atoms with Gasteiger partial charge in [-0.1, -0.05) is 41.7 Å². The lowest BCUT2D eigenvalue weighted by molar-refractivity contribution is -0.139. The molecule has 0 bridgehead atoms. The van der Waals surface area contributed by atoms with Crippen LogP contribution < -0.4 is 29.1 Å². The fraction of sp³-hybridized carbons (Fsp3) is 0.265. The molecule has 1 aliphatic rings. The molecule has 0 aliphatic carbocycles. The lowest BCUT2D eigenvalue weighted by Crippen LogP contribution is -2.40. The molecule has 1 atom stereocenters. The summed E-state index contributed by atoms with van der Waals surface area (Å²) < 4.78 is 39.6. The van der Waals surface area contributed by atoms with Crippen LogP contribution in [0, 0.1) is 9.39 Å². The normalized spacial score (nSPS) is 14.7. The molecule has 45 heavy (non-hydrogen) atoms. The molecule has 5 rings (SSSR count). The molecule has 4 aromatic rings. The summed E-state index contributed by atoms with van der Waals surface area (Å²) in [7, 11) is 1.55. The van der Waals surface area contributed by atoms with Crippen molar-refractivity contribution in [1.82, 2.24) is 4.57 Å². The van der Waals surface area contributed by atoms with Crippen LogP contribution >= 0.6 is 33.9 Å². The summed E-state index contributed by atoms with van der Waals surface area (Å²) in [4.78, 5) is 32.8. The average molecular weight is 743 g/mol. The minimum Gasteiger partial charge on any atom is -0.493 e. The molecular weight excluding hydrogens is 710 g/mol. The molecule has 3 aromatic carbocycles. The predicted molar refractivity (Wildman–Crippen MR) is 179 cm³/mol. The second kappa shape index (κ2) is 14.0. The average Bonchev–Trinajstić information content (AvgIpc) is 3.30. The maximum absolute atomic E-state index is 14.3. The Hall–Kier alpha value is -3.97. The Morgan fingerprint density at radius 1 is 1.13 bits per heavy atom. The first-order valence-corrected chi connectivity index (χ1v) is 16.2. The van der Waals surface area contributed by atoms with Crippen molar-refractivity contribution in [3.05, 3.63) is 118 Å². The van der Waals surface area contributed by atoms with Gasteiger partial charge in [-0.25, -0.2) is 14.2 Å². The number of benzene rings is 3. The number of halogens is 2. The van der Waals surface area contributed by atoms with Crippen LogP contribution in [0.1, 0.15) is 50.4 Å². The number of hydrogen-bond donors (Lipinski definition) is 0. The van der Waals surface area contributed by atoms with Crippen LogP contribution in [0.4, 0.5) is 4.39 Å². The number of para-hydroxylation sites is 1. The van der Waals surface area contributed by atoms with Crippen LogP contribution in [0.5, 0.6) is 17.2 Å². The minimum atomic E-state index is -0.822. The van der Waals surface area contributed by atoms with Crippen LogP contribution in [0.15, 0.2) is 81.7 Å². The Balaban J connectivity index is 1.69. The molecule has 0 radical (unpaired) electrons. The Morgan fingerprint density at radius 2 is 1.87 bits per heavy atom. The van der Waals surface area contributed by atoms with Gasteiger partial charge < -0.3 is 18.9 Å². The van der Waals surface area contributed by atoms with Gasteiger partial charge in [-0.15, -0.1) is 0 Å². The van der Waals surface area contributed by atoms with Gasteiger partial charge in [0.15, 0.2) is 16.3 Å². The summed E-state index contributed by atoms with van der Waals surface area (Å²) in [5.74, 6) is 0.600. The monoisotopic (exact) mass is 742 g/mol. The molecule has 0 spiro atoms. The van der Waals surface area contributed by atoms with E-state index in [2.05, 4.69) is 27.6 Å². The summed E-state index contributed by atoms with van der Waals surface area (Å²) in [6.07, 6.45) is 1.60. The van der Waals surface area contributed by atoms with E-state index in [9.17, 15) is 14.0 Å². The number of rotatable bonds is 10. The molecule has 0 amide bonds. The molecule has 0 unspecified atom stereocenters. The Labute approximate surface area is 277 Å². The van der Waals surface area contributed by atoms with Crippen molar-refractivity contribution in [2.75, 3.05) is 13.7 Å². The first-order valence-electron chi connectivity index (χ1n) is 14.3. The standard InChI is InChI=1S/C34H32FIN2O6S/c1-6-42-33(40)29-20(4)37-34-38(30(29)25-9-7-8-10-26(25)44-19(2)3)32(39)28(45-34)16-22-15-24(36)17-27(41-5)31(22)43-18-21-11-13-23(35)14-12-21/h7-17,19,30H,6,18H2,1-5H3/b28-16-/t30-/m1/s1. The van der Waals surface area contributed by atoms with E-state index in [4.69, 9.17) is 18.9 Å². The van der Waals surface area contributed by atoms with E-state index in [0.717, 1.165) is 9.13 Å². The van der Waals surface area contributed by atoms with Crippen molar-refractivity contribution < 1.29 is 28.1 Å². The second-order valence-corrected chi connectivity index (χ2v) is 12.7. The molecule has 1 aromatic heterocycles. The van der Waals surface area contributed by atoms with Crippen LogP contribution in [0.2, 0.25) is 0 Å². The molecule has 8 nitrogen and oxygen atoms in total. The van der Waals surface area contributed by atoms with Crippen molar-refractivity contribution in [3.63, 3.8) is 0 Å². The number of methoxy groups -OCH3 is 1. The van der Waals surface area contributed by atoms with E-state index in [0.29, 0.717) is 43.4 Å². The molecule has 2 heterocycles. The summed E-state index contributed by atoms with van der Waals surface area (Å²) in [5, 5.41) is 0. The third-order valence-corrected chi connectivity index (χ3v) is 8.55. The minimum absolute atomic E-state index is 0.137. The number of aromatic nitrogens is 1. The van der Waals surface area contributed by atoms with Gasteiger partial charge in [-0.2, -0.15) is 0 Å². The van der Waals surface area contributed by atoms with E-state index in [1.807, 2.05) is 50.2 Å². The Bertz CT molecular complexity index is 1950. The van der Waals surface area contributed by atoms with Crippen LogP contribution in [0.3, 0.4) is 0 Å². The first kappa shape index (κ1) is 32.4. The molecular formula is C34H32FIN2O6S. The number of esters is 1. The Morgan fingerprint density at radius 3 is 2.56 bits per heavy atom. The highest BCUT2D eigenvalue weighted by molar-refractivity contribution is 14.1. The summed E-state index contributed by atoms with van der Waals surface area (Å²) in [5.41, 5.74) is 2.44.